The maximum absolute atomic E-state index is 12.9. The summed E-state index contributed by atoms with van der Waals surface area (Å²) in [6.45, 7) is 5.86. The Balaban J connectivity index is 1.32. The van der Waals surface area contributed by atoms with E-state index in [-0.39, 0.29) is 18.1 Å². The van der Waals surface area contributed by atoms with Gasteiger partial charge in [0.2, 0.25) is 0 Å². The molecule has 7 heteroatoms. The highest BCUT2D eigenvalue weighted by Crippen LogP contribution is 2.26. The molecular weight excluding hydrogens is 432 g/mol. The summed E-state index contributed by atoms with van der Waals surface area (Å²) in [5, 5.41) is 8.54. The van der Waals surface area contributed by atoms with Gasteiger partial charge in [0.05, 0.1) is 17.7 Å². The monoisotopic (exact) mass is 458 g/mol. The molecule has 1 N–H and O–H groups in total. The fraction of sp³-hybridized carbons (Fsp3) is 0.269. The lowest BCUT2D eigenvalue weighted by molar-refractivity contribution is -0.0586. The molecule has 2 unspecified atom stereocenters. The fourth-order valence-corrected chi connectivity index (χ4v) is 4.84. The summed E-state index contributed by atoms with van der Waals surface area (Å²) in [7, 11) is 0. The Hall–Kier alpha value is -3.29. The van der Waals surface area contributed by atoms with E-state index in [1.165, 1.54) is 0 Å². The van der Waals surface area contributed by atoms with Gasteiger partial charge in [-0.3, -0.25) is 4.79 Å². The summed E-state index contributed by atoms with van der Waals surface area (Å²) in [6, 6.07) is 17.8. The summed E-state index contributed by atoms with van der Waals surface area (Å²) in [4.78, 5) is 24.3. The second kappa shape index (κ2) is 9.29. The molecule has 0 bridgehead atoms. The quantitative estimate of drug-likeness (QED) is 0.444. The van der Waals surface area contributed by atoms with Crippen molar-refractivity contribution in [3.05, 3.63) is 76.5 Å². The van der Waals surface area contributed by atoms with Crippen molar-refractivity contribution in [1.82, 2.24) is 14.9 Å². The van der Waals surface area contributed by atoms with Crippen LogP contribution in [0.3, 0.4) is 0 Å². The smallest absolute Gasteiger partial charge is 0.254 e. The van der Waals surface area contributed by atoms with Crippen LogP contribution in [0.4, 0.5) is 5.82 Å². The maximum atomic E-state index is 12.9. The van der Waals surface area contributed by atoms with E-state index in [1.807, 2.05) is 78.7 Å². The van der Waals surface area contributed by atoms with E-state index in [4.69, 9.17) is 14.7 Å². The Morgan fingerprint density at radius 2 is 1.82 bits per heavy atom. The molecule has 168 valence electrons. The van der Waals surface area contributed by atoms with Gasteiger partial charge in [0.25, 0.3) is 5.91 Å². The first-order valence-electron chi connectivity index (χ1n) is 11.1. The van der Waals surface area contributed by atoms with Gasteiger partial charge < -0.3 is 15.0 Å². The number of fused-ring (bicyclic) bond motifs is 1. The summed E-state index contributed by atoms with van der Waals surface area (Å²) >= 11 is 1.63. The molecule has 4 aromatic rings. The van der Waals surface area contributed by atoms with Crippen LogP contribution in [0.2, 0.25) is 0 Å². The molecule has 3 heterocycles. The van der Waals surface area contributed by atoms with Crippen molar-refractivity contribution in [2.45, 2.75) is 32.6 Å². The molecule has 0 aliphatic carbocycles. The molecule has 0 radical (unpaired) electrons. The third-order valence-electron chi connectivity index (χ3n) is 5.75. The van der Waals surface area contributed by atoms with Crippen molar-refractivity contribution < 1.29 is 9.53 Å². The zero-order valence-electron chi connectivity index (χ0n) is 18.7. The molecule has 1 fully saturated rings. The number of carbonyl (C=O) groups excluding carboxylic acids is 1. The van der Waals surface area contributed by atoms with Gasteiger partial charge in [-0.05, 0) is 55.1 Å². The maximum Gasteiger partial charge on any atom is 0.254 e. The summed E-state index contributed by atoms with van der Waals surface area (Å²) in [5.74, 6) is 1.57. The topological polar surface area (TPSA) is 67.4 Å². The fourth-order valence-electron chi connectivity index (χ4n) is 4.21. The minimum absolute atomic E-state index is 0.0544. The van der Waals surface area contributed by atoms with Gasteiger partial charge in [-0.1, -0.05) is 24.3 Å². The standard InChI is InChI=1S/C26H26N4O2S/c1-17-14-30(15-18(2)32-17)26(31)20-9-7-19(8-10-20)13-27-25-22-5-3-4-6-23(22)28-24(29-25)21-11-12-33-16-21/h3-12,16-18H,13-15H2,1-2H3,(H,27,28,29). The van der Waals surface area contributed by atoms with E-state index in [2.05, 4.69) is 10.7 Å². The number of hydrogen-bond acceptors (Lipinski definition) is 6. The first-order valence-corrected chi connectivity index (χ1v) is 12.1. The van der Waals surface area contributed by atoms with Crippen LogP contribution in [-0.4, -0.2) is 46.1 Å². The van der Waals surface area contributed by atoms with Gasteiger partial charge in [0, 0.05) is 41.5 Å². The molecule has 6 nitrogen and oxygen atoms in total. The number of rotatable bonds is 5. The van der Waals surface area contributed by atoms with Gasteiger partial charge in [-0.15, -0.1) is 0 Å². The number of amides is 1. The van der Waals surface area contributed by atoms with Crippen LogP contribution >= 0.6 is 11.3 Å². The predicted octanol–water partition coefficient (Wildman–Crippen LogP) is 5.22. The van der Waals surface area contributed by atoms with E-state index in [9.17, 15) is 4.79 Å². The summed E-state index contributed by atoms with van der Waals surface area (Å²) in [6.07, 6.45) is 0.116. The van der Waals surface area contributed by atoms with Crippen molar-refractivity contribution in [2.24, 2.45) is 0 Å². The Kier molecular flexibility index (Phi) is 6.07. The third-order valence-corrected chi connectivity index (χ3v) is 6.43. The molecule has 0 saturated carbocycles. The largest absolute Gasteiger partial charge is 0.372 e. The van der Waals surface area contributed by atoms with Crippen molar-refractivity contribution in [3.63, 3.8) is 0 Å². The normalized spacial score (nSPS) is 18.4. The lowest BCUT2D eigenvalue weighted by Crippen LogP contribution is -2.48. The van der Waals surface area contributed by atoms with Crippen LogP contribution < -0.4 is 5.32 Å². The highest BCUT2D eigenvalue weighted by molar-refractivity contribution is 7.08. The number of thiophene rings is 1. The van der Waals surface area contributed by atoms with E-state index in [0.717, 1.165) is 27.8 Å². The molecule has 0 spiro atoms. The number of ether oxygens (including phenoxy) is 1. The SMILES string of the molecule is CC1CN(C(=O)c2ccc(CNc3nc(-c4ccsc4)nc4ccccc34)cc2)CC(C)O1. The van der Waals surface area contributed by atoms with Crippen molar-refractivity contribution in [1.29, 1.82) is 0 Å². The second-order valence-corrected chi connectivity index (χ2v) is 9.22. The minimum Gasteiger partial charge on any atom is -0.372 e. The van der Waals surface area contributed by atoms with E-state index in [1.54, 1.807) is 11.3 Å². The van der Waals surface area contributed by atoms with Crippen LogP contribution in [-0.2, 0) is 11.3 Å². The number of nitrogens with one attached hydrogen (secondary N) is 1. The first kappa shape index (κ1) is 21.6. The highest BCUT2D eigenvalue weighted by Gasteiger charge is 2.26. The molecule has 33 heavy (non-hydrogen) atoms. The zero-order chi connectivity index (χ0) is 22.8. The van der Waals surface area contributed by atoms with E-state index < -0.39 is 0 Å². The Morgan fingerprint density at radius 1 is 1.06 bits per heavy atom. The van der Waals surface area contributed by atoms with Crippen LogP contribution in [0.25, 0.3) is 22.3 Å². The minimum atomic E-state index is 0.0544. The summed E-state index contributed by atoms with van der Waals surface area (Å²) < 4.78 is 5.75. The van der Waals surface area contributed by atoms with Gasteiger partial charge in [-0.2, -0.15) is 11.3 Å². The number of nitrogens with zero attached hydrogens (tertiary/aromatic N) is 3. The number of aromatic nitrogens is 2. The zero-order valence-corrected chi connectivity index (χ0v) is 19.5. The molecule has 1 aliphatic heterocycles. The number of anilines is 1. The van der Waals surface area contributed by atoms with Crippen molar-refractivity contribution >= 4 is 34.0 Å². The second-order valence-electron chi connectivity index (χ2n) is 8.44. The molecule has 1 aliphatic rings. The first-order chi connectivity index (χ1) is 16.1. The highest BCUT2D eigenvalue weighted by atomic mass is 32.1. The van der Waals surface area contributed by atoms with Gasteiger partial charge in [0.15, 0.2) is 5.82 Å². The number of carbonyl (C=O) groups is 1. The van der Waals surface area contributed by atoms with Crippen molar-refractivity contribution in [3.8, 4) is 11.4 Å². The van der Waals surface area contributed by atoms with Gasteiger partial charge in [0.1, 0.15) is 5.82 Å². The molecule has 1 saturated heterocycles. The number of para-hydroxylation sites is 1. The van der Waals surface area contributed by atoms with Crippen LogP contribution in [0.15, 0.2) is 65.4 Å². The van der Waals surface area contributed by atoms with E-state index in [0.29, 0.717) is 31.0 Å². The lowest BCUT2D eigenvalue weighted by Gasteiger charge is -2.35. The average Bonchev–Trinajstić information content (AvgIpc) is 3.37. The molecule has 2 atom stereocenters. The summed E-state index contributed by atoms with van der Waals surface area (Å²) in [5.41, 5.74) is 3.71. The Bertz CT molecular complexity index is 1250. The van der Waals surface area contributed by atoms with E-state index >= 15 is 0 Å². The molecular formula is C26H26N4O2S. The Morgan fingerprint density at radius 3 is 2.55 bits per heavy atom. The molecule has 1 amide bonds. The number of benzene rings is 2. The van der Waals surface area contributed by atoms with Crippen LogP contribution in [0, 0.1) is 0 Å². The predicted molar refractivity (Wildman–Crippen MR) is 133 cm³/mol. The number of hydrogen-bond donors (Lipinski definition) is 1. The van der Waals surface area contributed by atoms with Gasteiger partial charge >= 0.3 is 0 Å². The van der Waals surface area contributed by atoms with Crippen LogP contribution in [0.1, 0.15) is 29.8 Å². The molecule has 2 aromatic heterocycles. The molecule has 5 rings (SSSR count). The average molecular weight is 459 g/mol. The van der Waals surface area contributed by atoms with Crippen molar-refractivity contribution in [2.75, 3.05) is 18.4 Å². The third kappa shape index (κ3) is 4.74. The number of morpholine rings is 1. The molecule has 2 aromatic carbocycles. The lowest BCUT2D eigenvalue weighted by atomic mass is 10.1. The van der Waals surface area contributed by atoms with Crippen LogP contribution in [0.5, 0.6) is 0 Å². The van der Waals surface area contributed by atoms with Gasteiger partial charge in [-0.25, -0.2) is 9.97 Å². The Labute approximate surface area is 197 Å².